The van der Waals surface area contributed by atoms with E-state index in [-0.39, 0.29) is 17.5 Å². The van der Waals surface area contributed by atoms with Gasteiger partial charge in [0, 0.05) is 44.8 Å². The van der Waals surface area contributed by atoms with Crippen LogP contribution in [0, 0.1) is 0 Å². The van der Waals surface area contributed by atoms with Gasteiger partial charge in [-0.2, -0.15) is 0 Å². The highest BCUT2D eigenvalue weighted by atomic mass is 32.2. The summed E-state index contributed by atoms with van der Waals surface area (Å²) in [4.78, 5) is 25.4. The van der Waals surface area contributed by atoms with E-state index in [0.29, 0.717) is 26.1 Å². The molecule has 2 aliphatic heterocycles. The first-order valence-electron chi connectivity index (χ1n) is 8.26. The van der Waals surface area contributed by atoms with Gasteiger partial charge in [-0.1, -0.05) is 0 Å². The van der Waals surface area contributed by atoms with Crippen molar-refractivity contribution in [1.82, 2.24) is 14.9 Å². The van der Waals surface area contributed by atoms with Gasteiger partial charge >= 0.3 is 0 Å². The third-order valence-electron chi connectivity index (χ3n) is 4.71. The number of aromatic nitrogens is 2. The van der Waals surface area contributed by atoms with Crippen LogP contribution in [0.1, 0.15) is 13.3 Å². The van der Waals surface area contributed by atoms with E-state index in [9.17, 15) is 13.2 Å². The summed E-state index contributed by atoms with van der Waals surface area (Å²) in [7, 11) is -2.93. The quantitative estimate of drug-likeness (QED) is 0.676. The van der Waals surface area contributed by atoms with Gasteiger partial charge in [0.2, 0.25) is 6.41 Å². The maximum Gasteiger partial charge on any atom is 0.209 e. The molecule has 3 heterocycles. The molecule has 132 valence electrons. The van der Waals surface area contributed by atoms with E-state index >= 15 is 0 Å². The number of piperazine rings is 1. The fourth-order valence-electron chi connectivity index (χ4n) is 3.35. The standard InChI is InChI=1S/C15H23N5O3S/c1-2-20(13-3-8-24(22,23)10-13)15-9-14(16-11-17-15)19-6-4-18(12-21)5-7-19/h9,11-13H,2-8,10H2,1H3. The van der Waals surface area contributed by atoms with Gasteiger partial charge < -0.3 is 14.7 Å². The van der Waals surface area contributed by atoms with Crippen LogP contribution in [0.15, 0.2) is 12.4 Å². The largest absolute Gasteiger partial charge is 0.353 e. The number of rotatable bonds is 5. The van der Waals surface area contributed by atoms with Crippen molar-refractivity contribution in [3.05, 3.63) is 12.4 Å². The summed E-state index contributed by atoms with van der Waals surface area (Å²) >= 11 is 0. The Morgan fingerprint density at radius 1 is 1.29 bits per heavy atom. The highest BCUT2D eigenvalue weighted by Gasteiger charge is 2.32. The van der Waals surface area contributed by atoms with Crippen molar-refractivity contribution in [2.24, 2.45) is 0 Å². The summed E-state index contributed by atoms with van der Waals surface area (Å²) in [6.07, 6.45) is 3.05. The second-order valence-electron chi connectivity index (χ2n) is 6.21. The van der Waals surface area contributed by atoms with Crippen molar-refractivity contribution in [3.63, 3.8) is 0 Å². The van der Waals surface area contributed by atoms with Crippen LogP contribution in [0.3, 0.4) is 0 Å². The molecule has 0 aromatic carbocycles. The number of carbonyl (C=O) groups excluding carboxylic acids is 1. The SMILES string of the molecule is CCN(c1cc(N2CCN(C=O)CC2)ncn1)C1CCS(=O)(=O)C1. The van der Waals surface area contributed by atoms with Gasteiger partial charge in [-0.3, -0.25) is 4.79 Å². The Balaban J connectivity index is 1.75. The molecule has 0 radical (unpaired) electrons. The molecule has 0 aliphatic carbocycles. The topological polar surface area (TPSA) is 86.7 Å². The number of hydrogen-bond acceptors (Lipinski definition) is 7. The summed E-state index contributed by atoms with van der Waals surface area (Å²) < 4.78 is 23.5. The first-order valence-corrected chi connectivity index (χ1v) is 10.1. The van der Waals surface area contributed by atoms with Gasteiger partial charge in [0.25, 0.3) is 0 Å². The minimum absolute atomic E-state index is 0.0188. The van der Waals surface area contributed by atoms with Crippen LogP contribution in [0.4, 0.5) is 11.6 Å². The molecule has 8 nitrogen and oxygen atoms in total. The molecule has 1 aromatic rings. The molecule has 0 N–H and O–H groups in total. The van der Waals surface area contributed by atoms with Gasteiger partial charge in [-0.05, 0) is 13.3 Å². The Morgan fingerprint density at radius 2 is 2.04 bits per heavy atom. The number of carbonyl (C=O) groups is 1. The Morgan fingerprint density at radius 3 is 2.62 bits per heavy atom. The van der Waals surface area contributed by atoms with E-state index < -0.39 is 9.84 Å². The fourth-order valence-corrected chi connectivity index (χ4v) is 5.08. The van der Waals surface area contributed by atoms with Crippen molar-refractivity contribution < 1.29 is 13.2 Å². The maximum absolute atomic E-state index is 11.8. The zero-order valence-electron chi connectivity index (χ0n) is 13.8. The molecular weight excluding hydrogens is 330 g/mol. The molecule has 2 aliphatic rings. The second kappa shape index (κ2) is 6.92. The lowest BCUT2D eigenvalue weighted by molar-refractivity contribution is -0.118. The van der Waals surface area contributed by atoms with Crippen molar-refractivity contribution in [2.45, 2.75) is 19.4 Å². The highest BCUT2D eigenvalue weighted by molar-refractivity contribution is 7.91. The lowest BCUT2D eigenvalue weighted by Crippen LogP contribution is -2.46. The van der Waals surface area contributed by atoms with E-state index in [4.69, 9.17) is 0 Å². The Hall–Kier alpha value is -1.90. The maximum atomic E-state index is 11.8. The molecule has 3 rings (SSSR count). The molecule has 24 heavy (non-hydrogen) atoms. The number of nitrogens with zero attached hydrogens (tertiary/aromatic N) is 5. The zero-order valence-corrected chi connectivity index (χ0v) is 14.7. The molecule has 1 aromatic heterocycles. The summed E-state index contributed by atoms with van der Waals surface area (Å²) in [5.74, 6) is 2.03. The summed E-state index contributed by atoms with van der Waals surface area (Å²) in [5, 5.41) is 0. The molecule has 9 heteroatoms. The van der Waals surface area contributed by atoms with Crippen LogP contribution in [0.2, 0.25) is 0 Å². The monoisotopic (exact) mass is 353 g/mol. The number of sulfone groups is 1. The molecule has 1 unspecified atom stereocenters. The smallest absolute Gasteiger partial charge is 0.209 e. The normalized spacial score (nSPS) is 23.3. The Labute approximate surface area is 142 Å². The number of anilines is 2. The van der Waals surface area contributed by atoms with E-state index in [1.54, 1.807) is 4.90 Å². The van der Waals surface area contributed by atoms with Crippen LogP contribution < -0.4 is 9.80 Å². The molecule has 0 saturated carbocycles. The predicted molar refractivity (Wildman–Crippen MR) is 92.0 cm³/mol. The fraction of sp³-hybridized carbons (Fsp3) is 0.667. The average molecular weight is 353 g/mol. The minimum atomic E-state index is -2.93. The Kier molecular flexibility index (Phi) is 4.88. The molecule has 2 saturated heterocycles. The van der Waals surface area contributed by atoms with Crippen molar-refractivity contribution in [1.29, 1.82) is 0 Å². The first-order chi connectivity index (χ1) is 11.5. The Bertz CT molecular complexity index is 688. The van der Waals surface area contributed by atoms with Crippen LogP contribution >= 0.6 is 0 Å². The van der Waals surface area contributed by atoms with Crippen LogP contribution in [-0.4, -0.2) is 80.0 Å². The number of amides is 1. The van der Waals surface area contributed by atoms with E-state index in [1.807, 2.05) is 13.0 Å². The molecule has 2 fully saturated rings. The van der Waals surface area contributed by atoms with E-state index in [2.05, 4.69) is 19.8 Å². The van der Waals surface area contributed by atoms with Crippen LogP contribution in [0.5, 0.6) is 0 Å². The minimum Gasteiger partial charge on any atom is -0.353 e. The molecule has 0 spiro atoms. The second-order valence-corrected chi connectivity index (χ2v) is 8.43. The van der Waals surface area contributed by atoms with Crippen LogP contribution in [0.25, 0.3) is 0 Å². The summed E-state index contributed by atoms with van der Waals surface area (Å²) in [6, 6.07) is 1.90. The van der Waals surface area contributed by atoms with E-state index in [0.717, 1.165) is 31.1 Å². The molecule has 1 amide bonds. The third-order valence-corrected chi connectivity index (χ3v) is 6.46. The van der Waals surface area contributed by atoms with Gasteiger partial charge in [0.05, 0.1) is 11.5 Å². The third kappa shape index (κ3) is 3.61. The van der Waals surface area contributed by atoms with Crippen LogP contribution in [-0.2, 0) is 14.6 Å². The lowest BCUT2D eigenvalue weighted by Gasteiger charge is -2.34. The first kappa shape index (κ1) is 16.9. The van der Waals surface area contributed by atoms with Gasteiger partial charge in [-0.15, -0.1) is 0 Å². The summed E-state index contributed by atoms with van der Waals surface area (Å²) in [6.45, 7) is 5.55. The molecule has 0 bridgehead atoms. The predicted octanol–water partition coefficient (Wildman–Crippen LogP) is -0.232. The summed E-state index contributed by atoms with van der Waals surface area (Å²) in [5.41, 5.74) is 0. The zero-order chi connectivity index (χ0) is 17.2. The highest BCUT2D eigenvalue weighted by Crippen LogP contribution is 2.25. The molecule has 1 atom stereocenters. The van der Waals surface area contributed by atoms with Crippen molar-refractivity contribution in [3.8, 4) is 0 Å². The molecular formula is C15H23N5O3S. The van der Waals surface area contributed by atoms with Gasteiger partial charge in [-0.25, -0.2) is 18.4 Å². The van der Waals surface area contributed by atoms with Gasteiger partial charge in [0.1, 0.15) is 18.0 Å². The number of hydrogen-bond donors (Lipinski definition) is 0. The van der Waals surface area contributed by atoms with Crippen molar-refractivity contribution in [2.75, 3.05) is 54.0 Å². The van der Waals surface area contributed by atoms with Crippen molar-refractivity contribution >= 4 is 27.9 Å². The lowest BCUT2D eigenvalue weighted by atomic mass is 10.2. The average Bonchev–Trinajstić information content (AvgIpc) is 2.95. The van der Waals surface area contributed by atoms with Gasteiger partial charge in [0.15, 0.2) is 9.84 Å². The van der Waals surface area contributed by atoms with E-state index in [1.165, 1.54) is 6.33 Å².